The third-order valence-corrected chi connectivity index (χ3v) is 5.97. The Morgan fingerprint density at radius 1 is 1.24 bits per heavy atom. The molecule has 0 spiro atoms. The second kappa shape index (κ2) is 7.97. The summed E-state index contributed by atoms with van der Waals surface area (Å²) >= 11 is 0. The normalized spacial score (nSPS) is 14.5. The zero-order chi connectivity index (χ0) is 25.1. The molecule has 1 aliphatic heterocycles. The van der Waals surface area contributed by atoms with E-state index in [4.69, 9.17) is 2.74 Å². The van der Waals surface area contributed by atoms with Crippen LogP contribution in [0.15, 0.2) is 48.8 Å². The van der Waals surface area contributed by atoms with E-state index < -0.39 is 12.4 Å². The van der Waals surface area contributed by atoms with Gasteiger partial charge in [0.1, 0.15) is 5.82 Å². The molecular weight excluding hydrogens is 421 g/mol. The molecule has 0 saturated carbocycles. The molecule has 2 aromatic heterocycles. The number of anilines is 1. The van der Waals surface area contributed by atoms with E-state index in [0.717, 1.165) is 0 Å². The number of hydrogen-bond acceptors (Lipinski definition) is 5. The van der Waals surface area contributed by atoms with Crippen LogP contribution in [0, 0.1) is 5.82 Å². The Hall–Kier alpha value is -3.78. The van der Waals surface area contributed by atoms with Gasteiger partial charge in [-0.3, -0.25) is 14.5 Å². The highest BCUT2D eigenvalue weighted by Gasteiger charge is 2.30. The highest BCUT2D eigenvalue weighted by atomic mass is 19.1. The predicted octanol–water partition coefficient (Wildman–Crippen LogP) is 3.49. The zero-order valence-electron chi connectivity index (χ0n) is 20.5. The van der Waals surface area contributed by atoms with E-state index in [-0.39, 0.29) is 18.0 Å². The number of pyridine rings is 1. The Balaban J connectivity index is 1.59. The van der Waals surface area contributed by atoms with Gasteiger partial charge in [0.15, 0.2) is 0 Å². The van der Waals surface area contributed by atoms with Gasteiger partial charge in [0, 0.05) is 55.7 Å². The molecule has 0 radical (unpaired) electrons. The third kappa shape index (κ3) is 3.52. The van der Waals surface area contributed by atoms with Crippen molar-refractivity contribution in [3.8, 4) is 11.1 Å². The molecule has 7 nitrogen and oxygen atoms in total. The van der Waals surface area contributed by atoms with Crippen molar-refractivity contribution in [2.45, 2.75) is 19.6 Å². The minimum absolute atomic E-state index is 0.0440. The summed E-state index contributed by atoms with van der Waals surface area (Å²) in [5.41, 5.74) is 3.83. The molecule has 168 valence electrons. The van der Waals surface area contributed by atoms with Gasteiger partial charge >= 0.3 is 0 Å². The van der Waals surface area contributed by atoms with Crippen molar-refractivity contribution in [3.05, 3.63) is 77.0 Å². The van der Waals surface area contributed by atoms with Gasteiger partial charge in [-0.25, -0.2) is 4.39 Å². The van der Waals surface area contributed by atoms with E-state index in [1.54, 1.807) is 47.4 Å². The number of carbonyl (C=O) groups excluding carboxylic acids is 1. The average molecular weight is 448 g/mol. The fourth-order valence-corrected chi connectivity index (χ4v) is 4.40. The lowest BCUT2D eigenvalue weighted by Gasteiger charge is -2.23. The van der Waals surface area contributed by atoms with Crippen molar-refractivity contribution in [2.75, 3.05) is 19.0 Å². The Bertz CT molecular complexity index is 1480. The molecule has 0 unspecified atom stereocenters. The van der Waals surface area contributed by atoms with Gasteiger partial charge in [-0.1, -0.05) is 12.1 Å². The maximum absolute atomic E-state index is 15.6. The number of aryl methyl sites for hydroxylation is 1. The molecule has 4 aromatic rings. The first-order valence-corrected chi connectivity index (χ1v) is 10.5. The average Bonchev–Trinajstić information content (AvgIpc) is 3.33. The van der Waals surface area contributed by atoms with Crippen molar-refractivity contribution in [2.24, 2.45) is 7.05 Å². The number of aliphatic hydroxyl groups is 1. The van der Waals surface area contributed by atoms with Crippen molar-refractivity contribution in [3.63, 3.8) is 0 Å². The zero-order valence-corrected chi connectivity index (χ0v) is 18.5. The second-order valence-corrected chi connectivity index (χ2v) is 8.35. The van der Waals surface area contributed by atoms with Crippen molar-refractivity contribution in [1.82, 2.24) is 19.7 Å². The maximum Gasteiger partial charge on any atom is 0.256 e. The number of hydrogen-bond donors (Lipinski definition) is 1. The molecule has 0 aliphatic carbocycles. The Kier molecular flexibility index (Phi) is 4.53. The molecule has 5 rings (SSSR count). The number of nitrogens with zero attached hydrogens (tertiary/aromatic N) is 5. The number of aromatic nitrogens is 3. The Morgan fingerprint density at radius 2 is 2.06 bits per heavy atom. The minimum Gasteiger partial charge on any atom is -0.392 e. The van der Waals surface area contributed by atoms with Crippen LogP contribution < -0.4 is 4.90 Å². The SMILES string of the molecule is [2H]C([2H])(O)c1ccc(-c2cc(F)c(CN3Cc4ncccc4C3=O)c(N(C)C)c2)c2cn(C)nc12. The summed E-state index contributed by atoms with van der Waals surface area (Å²) in [5.74, 6) is -0.631. The predicted molar refractivity (Wildman–Crippen MR) is 124 cm³/mol. The smallest absolute Gasteiger partial charge is 0.256 e. The van der Waals surface area contributed by atoms with Gasteiger partial charge in [0.25, 0.3) is 5.91 Å². The summed E-state index contributed by atoms with van der Waals surface area (Å²) in [7, 11) is 5.33. The molecule has 8 heteroatoms. The molecule has 2 aromatic carbocycles. The van der Waals surface area contributed by atoms with Crippen LogP contribution in [0.3, 0.4) is 0 Å². The lowest BCUT2D eigenvalue weighted by molar-refractivity contribution is 0.0765. The molecule has 1 amide bonds. The molecule has 0 bridgehead atoms. The Labute approximate surface area is 193 Å². The van der Waals surface area contributed by atoms with Gasteiger partial charge in [-0.05, 0) is 35.4 Å². The van der Waals surface area contributed by atoms with Crippen LogP contribution in [0.5, 0.6) is 0 Å². The summed E-state index contributed by atoms with van der Waals surface area (Å²) in [6, 6.07) is 9.84. The molecule has 0 fully saturated rings. The maximum atomic E-state index is 15.6. The molecule has 1 N–H and O–H groups in total. The first kappa shape index (κ1) is 18.8. The number of fused-ring (bicyclic) bond motifs is 2. The number of halogens is 1. The van der Waals surface area contributed by atoms with E-state index in [1.807, 2.05) is 20.2 Å². The quantitative estimate of drug-likeness (QED) is 0.507. The van der Waals surface area contributed by atoms with E-state index >= 15 is 4.39 Å². The fourth-order valence-electron chi connectivity index (χ4n) is 4.40. The fraction of sp³-hybridized carbons (Fsp3) is 0.240. The van der Waals surface area contributed by atoms with Crippen LogP contribution >= 0.6 is 0 Å². The van der Waals surface area contributed by atoms with Crippen LogP contribution in [0.2, 0.25) is 0 Å². The first-order chi connectivity index (χ1) is 16.5. The van der Waals surface area contributed by atoms with E-state index in [2.05, 4.69) is 10.1 Å². The van der Waals surface area contributed by atoms with Gasteiger partial charge in [-0.15, -0.1) is 0 Å². The van der Waals surface area contributed by atoms with Crippen LogP contribution in [0.1, 0.15) is 29.9 Å². The van der Waals surface area contributed by atoms with E-state index in [1.165, 1.54) is 16.8 Å². The van der Waals surface area contributed by atoms with Crippen LogP contribution in [0.4, 0.5) is 10.1 Å². The van der Waals surface area contributed by atoms with Crippen LogP contribution in [0.25, 0.3) is 22.0 Å². The summed E-state index contributed by atoms with van der Waals surface area (Å²) in [6.07, 6.45) is 3.36. The minimum atomic E-state index is -2.57. The van der Waals surface area contributed by atoms with Gasteiger partial charge < -0.3 is 14.9 Å². The van der Waals surface area contributed by atoms with E-state index in [0.29, 0.717) is 51.1 Å². The lowest BCUT2D eigenvalue weighted by Crippen LogP contribution is -2.25. The topological polar surface area (TPSA) is 74.5 Å². The molecule has 33 heavy (non-hydrogen) atoms. The van der Waals surface area contributed by atoms with Crippen LogP contribution in [-0.2, 0) is 26.7 Å². The second-order valence-electron chi connectivity index (χ2n) is 8.35. The molecule has 0 atom stereocenters. The van der Waals surface area contributed by atoms with Crippen molar-refractivity contribution in [1.29, 1.82) is 0 Å². The van der Waals surface area contributed by atoms with E-state index in [9.17, 15) is 9.90 Å². The van der Waals surface area contributed by atoms with Gasteiger partial charge in [0.2, 0.25) is 0 Å². The summed E-state index contributed by atoms with van der Waals surface area (Å²) in [5, 5.41) is 14.9. The monoisotopic (exact) mass is 447 g/mol. The third-order valence-electron chi connectivity index (χ3n) is 5.97. The largest absolute Gasteiger partial charge is 0.392 e. The van der Waals surface area contributed by atoms with Crippen molar-refractivity contribution >= 4 is 22.5 Å². The first-order valence-electron chi connectivity index (χ1n) is 11.5. The Morgan fingerprint density at radius 3 is 2.79 bits per heavy atom. The number of benzene rings is 2. The number of carbonyl (C=O) groups is 1. The van der Waals surface area contributed by atoms with Crippen molar-refractivity contribution < 1.29 is 17.0 Å². The molecule has 3 heterocycles. The van der Waals surface area contributed by atoms with Gasteiger partial charge in [0.05, 0.1) is 39.2 Å². The summed E-state index contributed by atoms with van der Waals surface area (Å²) < 4.78 is 32.6. The standard InChI is InChI=1S/C25H24FN5O2/c1-29(2)23-10-16(17-7-6-15(14-32)24-19(17)11-30(3)28-24)9-21(26)20(23)12-31-13-22-18(25(31)33)5-4-8-27-22/h4-11,32H,12-14H2,1-3H3/i14D2. The van der Waals surface area contributed by atoms with Gasteiger partial charge in [-0.2, -0.15) is 5.10 Å². The molecule has 1 aliphatic rings. The number of rotatable bonds is 5. The number of amides is 1. The lowest BCUT2D eigenvalue weighted by atomic mass is 9.96. The highest BCUT2D eigenvalue weighted by molar-refractivity contribution is 5.98. The van der Waals surface area contributed by atoms with Crippen LogP contribution in [-0.4, -0.2) is 44.8 Å². The summed E-state index contributed by atoms with van der Waals surface area (Å²) in [6.45, 7) is -2.14. The molecular formula is C25H24FN5O2. The molecule has 0 saturated heterocycles. The summed E-state index contributed by atoms with van der Waals surface area (Å²) in [4.78, 5) is 20.5. The highest BCUT2D eigenvalue weighted by Crippen LogP contribution is 2.36.